The molecule has 0 saturated carbocycles. The number of fused-ring (bicyclic) bond motifs is 1. The molecule has 0 aliphatic rings. The molecule has 0 spiro atoms. The number of nitrogens with one attached hydrogen (secondary N) is 2. The van der Waals surface area contributed by atoms with Crippen molar-refractivity contribution < 1.29 is 4.79 Å². The molecule has 116 valence electrons. The highest BCUT2D eigenvalue weighted by molar-refractivity contribution is 5.96. The van der Waals surface area contributed by atoms with E-state index >= 15 is 0 Å². The van der Waals surface area contributed by atoms with E-state index in [2.05, 4.69) is 15.3 Å². The van der Waals surface area contributed by atoms with Gasteiger partial charge in [-0.1, -0.05) is 30.3 Å². The second-order valence-electron chi connectivity index (χ2n) is 5.25. The molecule has 0 aliphatic carbocycles. The molecule has 0 saturated heterocycles. The van der Waals surface area contributed by atoms with Gasteiger partial charge in [-0.25, -0.2) is 4.98 Å². The van der Waals surface area contributed by atoms with Crippen LogP contribution in [0.3, 0.4) is 0 Å². The molecule has 2 aromatic carbocycles. The smallest absolute Gasteiger partial charge is 0.258 e. The molecule has 3 rings (SSSR count). The Hall–Kier alpha value is -2.99. The number of aromatic amines is 1. The van der Waals surface area contributed by atoms with Crippen LogP contribution < -0.4 is 16.6 Å². The van der Waals surface area contributed by atoms with Crippen LogP contribution in [0.25, 0.3) is 10.9 Å². The third-order valence-corrected chi connectivity index (χ3v) is 3.54. The predicted molar refractivity (Wildman–Crippen MR) is 89.1 cm³/mol. The molecular weight excluding hydrogens is 292 g/mol. The molecule has 0 aliphatic heterocycles. The summed E-state index contributed by atoms with van der Waals surface area (Å²) in [5, 5.41) is 3.23. The van der Waals surface area contributed by atoms with Crippen LogP contribution in [0, 0.1) is 0 Å². The number of nitrogens with zero attached hydrogens (tertiary/aromatic N) is 1. The average Bonchev–Trinajstić information content (AvgIpc) is 2.56. The van der Waals surface area contributed by atoms with E-state index in [1.54, 1.807) is 18.2 Å². The van der Waals surface area contributed by atoms with Crippen LogP contribution in [-0.4, -0.2) is 21.9 Å². The summed E-state index contributed by atoms with van der Waals surface area (Å²) in [5.74, 6) is -0.280. The number of rotatable bonds is 4. The second kappa shape index (κ2) is 6.41. The van der Waals surface area contributed by atoms with Crippen molar-refractivity contribution in [3.8, 4) is 0 Å². The van der Waals surface area contributed by atoms with E-state index < -0.39 is 6.04 Å². The quantitative estimate of drug-likeness (QED) is 0.678. The molecule has 23 heavy (non-hydrogen) atoms. The van der Waals surface area contributed by atoms with Crippen LogP contribution in [0.5, 0.6) is 0 Å². The van der Waals surface area contributed by atoms with Gasteiger partial charge in [0, 0.05) is 5.69 Å². The molecule has 6 heteroatoms. The number of aromatic nitrogens is 2. The fraction of sp³-hybridized carbons (Fsp3) is 0.118. The highest BCUT2D eigenvalue weighted by Crippen LogP contribution is 2.14. The maximum absolute atomic E-state index is 12.2. The number of carbonyl (C=O) groups excluding carboxylic acids is 1. The summed E-state index contributed by atoms with van der Waals surface area (Å²) < 4.78 is 0. The minimum atomic E-state index is -0.653. The molecule has 3 aromatic rings. The first-order valence-corrected chi connectivity index (χ1v) is 7.21. The van der Waals surface area contributed by atoms with Crippen molar-refractivity contribution in [2.75, 3.05) is 5.32 Å². The van der Waals surface area contributed by atoms with Gasteiger partial charge in [-0.2, -0.15) is 0 Å². The lowest BCUT2D eigenvalue weighted by atomic mass is 10.1. The van der Waals surface area contributed by atoms with Gasteiger partial charge in [-0.15, -0.1) is 0 Å². The Morgan fingerprint density at radius 3 is 2.78 bits per heavy atom. The first-order valence-electron chi connectivity index (χ1n) is 7.21. The number of hydrogen-bond donors (Lipinski definition) is 3. The van der Waals surface area contributed by atoms with Crippen LogP contribution in [-0.2, 0) is 11.2 Å². The minimum Gasteiger partial charge on any atom is -0.325 e. The zero-order valence-electron chi connectivity index (χ0n) is 12.3. The Morgan fingerprint density at radius 1 is 1.22 bits per heavy atom. The van der Waals surface area contributed by atoms with Crippen LogP contribution in [0.1, 0.15) is 5.56 Å². The molecule has 1 atom stereocenters. The van der Waals surface area contributed by atoms with Gasteiger partial charge in [0.2, 0.25) is 5.91 Å². The van der Waals surface area contributed by atoms with E-state index in [4.69, 9.17) is 5.73 Å². The SMILES string of the molecule is N[C@H](Cc1ccccc1)C(=O)Nc1ccc2c(=O)[nH]cnc2c1. The molecule has 1 aromatic heterocycles. The zero-order valence-corrected chi connectivity index (χ0v) is 12.3. The molecule has 6 nitrogen and oxygen atoms in total. The van der Waals surface area contributed by atoms with Crippen molar-refractivity contribution in [2.24, 2.45) is 5.73 Å². The summed E-state index contributed by atoms with van der Waals surface area (Å²) >= 11 is 0. The Morgan fingerprint density at radius 2 is 2.00 bits per heavy atom. The third-order valence-electron chi connectivity index (χ3n) is 3.54. The molecule has 1 heterocycles. The van der Waals surface area contributed by atoms with E-state index in [9.17, 15) is 9.59 Å². The van der Waals surface area contributed by atoms with Gasteiger partial charge in [0.05, 0.1) is 23.3 Å². The van der Waals surface area contributed by atoms with Gasteiger partial charge >= 0.3 is 0 Å². The summed E-state index contributed by atoms with van der Waals surface area (Å²) in [6, 6.07) is 13.9. The van der Waals surface area contributed by atoms with E-state index in [0.717, 1.165) is 5.56 Å². The zero-order chi connectivity index (χ0) is 16.2. The van der Waals surface area contributed by atoms with Crippen LogP contribution in [0.4, 0.5) is 5.69 Å². The third kappa shape index (κ3) is 3.44. The summed E-state index contributed by atoms with van der Waals surface area (Å²) in [6.07, 6.45) is 1.79. The van der Waals surface area contributed by atoms with Crippen molar-refractivity contribution in [1.82, 2.24) is 9.97 Å². The van der Waals surface area contributed by atoms with Crippen LogP contribution in [0.15, 0.2) is 59.7 Å². The summed E-state index contributed by atoms with van der Waals surface area (Å²) in [4.78, 5) is 30.4. The molecule has 0 radical (unpaired) electrons. The number of amides is 1. The van der Waals surface area contributed by atoms with Crippen molar-refractivity contribution in [3.63, 3.8) is 0 Å². The summed E-state index contributed by atoms with van der Waals surface area (Å²) in [5.41, 5.74) is 7.81. The van der Waals surface area contributed by atoms with Gasteiger partial charge in [-0.05, 0) is 30.2 Å². The fourth-order valence-electron chi connectivity index (χ4n) is 2.34. The Bertz CT molecular complexity index is 890. The molecule has 1 amide bonds. The molecule has 0 bridgehead atoms. The topological polar surface area (TPSA) is 101 Å². The lowest BCUT2D eigenvalue weighted by Gasteiger charge is -2.12. The number of benzene rings is 2. The number of carbonyl (C=O) groups is 1. The molecule has 0 fully saturated rings. The van der Waals surface area contributed by atoms with Crippen LogP contribution in [0.2, 0.25) is 0 Å². The predicted octanol–water partition coefficient (Wildman–Crippen LogP) is 1.43. The monoisotopic (exact) mass is 308 g/mol. The van der Waals surface area contributed by atoms with Crippen molar-refractivity contribution >= 4 is 22.5 Å². The van der Waals surface area contributed by atoms with Gasteiger partial charge in [0.25, 0.3) is 5.56 Å². The van der Waals surface area contributed by atoms with Crippen molar-refractivity contribution in [1.29, 1.82) is 0 Å². The fourth-order valence-corrected chi connectivity index (χ4v) is 2.34. The van der Waals surface area contributed by atoms with Gasteiger partial charge in [0.15, 0.2) is 0 Å². The maximum atomic E-state index is 12.2. The lowest BCUT2D eigenvalue weighted by molar-refractivity contribution is -0.117. The minimum absolute atomic E-state index is 0.214. The normalized spacial score (nSPS) is 12.0. The van der Waals surface area contributed by atoms with Crippen LogP contribution >= 0.6 is 0 Å². The van der Waals surface area contributed by atoms with E-state index in [1.807, 2.05) is 30.3 Å². The Balaban J connectivity index is 1.73. The average molecular weight is 308 g/mol. The molecular formula is C17H16N4O2. The van der Waals surface area contributed by atoms with E-state index in [1.165, 1.54) is 6.33 Å². The highest BCUT2D eigenvalue weighted by atomic mass is 16.2. The highest BCUT2D eigenvalue weighted by Gasteiger charge is 2.14. The Kier molecular flexibility index (Phi) is 4.16. The van der Waals surface area contributed by atoms with Gasteiger partial charge < -0.3 is 16.0 Å². The number of hydrogen-bond acceptors (Lipinski definition) is 4. The molecule has 4 N–H and O–H groups in total. The number of H-pyrrole nitrogens is 1. The second-order valence-corrected chi connectivity index (χ2v) is 5.25. The van der Waals surface area contributed by atoms with Gasteiger partial charge in [0.1, 0.15) is 0 Å². The Labute approximate surface area is 132 Å². The van der Waals surface area contributed by atoms with Gasteiger partial charge in [-0.3, -0.25) is 9.59 Å². The summed E-state index contributed by atoms with van der Waals surface area (Å²) in [6.45, 7) is 0. The van der Waals surface area contributed by atoms with Crippen molar-refractivity contribution in [3.05, 3.63) is 70.8 Å². The van der Waals surface area contributed by atoms with E-state index in [-0.39, 0.29) is 11.5 Å². The first kappa shape index (κ1) is 14.9. The summed E-state index contributed by atoms with van der Waals surface area (Å²) in [7, 11) is 0. The standard InChI is InChI=1S/C17H16N4O2/c18-14(8-11-4-2-1-3-5-11)17(23)21-12-6-7-13-15(9-12)19-10-20-16(13)22/h1-7,9-10,14H,8,18H2,(H,21,23)(H,19,20,22)/t14-/m1/s1. The first-order chi connectivity index (χ1) is 11.1. The molecule has 0 unspecified atom stereocenters. The van der Waals surface area contributed by atoms with Crippen molar-refractivity contribution in [2.45, 2.75) is 12.5 Å². The lowest BCUT2D eigenvalue weighted by Crippen LogP contribution is -2.37. The maximum Gasteiger partial charge on any atom is 0.258 e. The largest absolute Gasteiger partial charge is 0.325 e. The number of nitrogens with two attached hydrogens (primary N) is 1. The number of anilines is 1. The van der Waals surface area contributed by atoms with E-state index in [0.29, 0.717) is 23.0 Å².